The highest BCUT2D eigenvalue weighted by atomic mass is 16.5. The standard InChI is InChI=1S/C21H32N2O2/c1-16(17-10-12-22-13-11-17)14-21(24)23-15-18-6-2-5-9-20(18)25-19-7-3-4-8-19/h2,5-6,9,16-17,19,22H,3-4,7-8,10-15H2,1H3,(H,23,24). The van der Waals surface area contributed by atoms with Crippen LogP contribution in [0.5, 0.6) is 5.75 Å². The van der Waals surface area contributed by atoms with Gasteiger partial charge >= 0.3 is 0 Å². The summed E-state index contributed by atoms with van der Waals surface area (Å²) in [4.78, 5) is 12.4. The number of amides is 1. The van der Waals surface area contributed by atoms with Crippen molar-refractivity contribution in [1.29, 1.82) is 0 Å². The van der Waals surface area contributed by atoms with Crippen LogP contribution in [0.15, 0.2) is 24.3 Å². The van der Waals surface area contributed by atoms with Gasteiger partial charge in [-0.2, -0.15) is 0 Å². The Balaban J connectivity index is 1.48. The molecular weight excluding hydrogens is 312 g/mol. The van der Waals surface area contributed by atoms with Gasteiger partial charge in [0, 0.05) is 18.5 Å². The summed E-state index contributed by atoms with van der Waals surface area (Å²) < 4.78 is 6.16. The van der Waals surface area contributed by atoms with Crippen LogP contribution in [0.2, 0.25) is 0 Å². The molecule has 1 amide bonds. The molecule has 1 saturated heterocycles. The van der Waals surface area contributed by atoms with Crippen molar-refractivity contribution < 1.29 is 9.53 Å². The maximum Gasteiger partial charge on any atom is 0.220 e. The first-order valence-corrected chi connectivity index (χ1v) is 9.94. The third-order valence-electron chi connectivity index (χ3n) is 5.74. The third-order valence-corrected chi connectivity index (χ3v) is 5.74. The van der Waals surface area contributed by atoms with Gasteiger partial charge in [-0.25, -0.2) is 0 Å². The largest absolute Gasteiger partial charge is 0.490 e. The number of carbonyl (C=O) groups excluding carboxylic acids is 1. The molecule has 1 heterocycles. The van der Waals surface area contributed by atoms with Gasteiger partial charge in [-0.05, 0) is 69.5 Å². The van der Waals surface area contributed by atoms with Crippen LogP contribution in [0.25, 0.3) is 0 Å². The monoisotopic (exact) mass is 344 g/mol. The lowest BCUT2D eigenvalue weighted by molar-refractivity contribution is -0.122. The van der Waals surface area contributed by atoms with Crippen molar-refractivity contribution >= 4 is 5.91 Å². The molecule has 2 aliphatic rings. The number of para-hydroxylation sites is 1. The number of nitrogens with one attached hydrogen (secondary N) is 2. The van der Waals surface area contributed by atoms with Crippen LogP contribution in [-0.4, -0.2) is 25.1 Å². The lowest BCUT2D eigenvalue weighted by Crippen LogP contribution is -2.33. The average Bonchev–Trinajstić information content (AvgIpc) is 3.15. The van der Waals surface area contributed by atoms with E-state index in [2.05, 4.69) is 23.6 Å². The maximum absolute atomic E-state index is 12.4. The Hall–Kier alpha value is -1.55. The molecule has 1 aromatic rings. The van der Waals surface area contributed by atoms with Crippen LogP contribution in [0.4, 0.5) is 0 Å². The lowest BCUT2D eigenvalue weighted by Gasteiger charge is -2.27. The summed E-state index contributed by atoms with van der Waals surface area (Å²) in [5.74, 6) is 2.21. The van der Waals surface area contributed by atoms with Crippen LogP contribution in [0.3, 0.4) is 0 Å². The molecule has 0 bridgehead atoms. The van der Waals surface area contributed by atoms with Crippen molar-refractivity contribution in [2.24, 2.45) is 11.8 Å². The smallest absolute Gasteiger partial charge is 0.220 e. The molecule has 1 aliphatic heterocycles. The summed E-state index contributed by atoms with van der Waals surface area (Å²) in [6.45, 7) is 4.94. The molecule has 1 unspecified atom stereocenters. The van der Waals surface area contributed by atoms with Gasteiger partial charge in [-0.1, -0.05) is 25.1 Å². The van der Waals surface area contributed by atoms with Crippen molar-refractivity contribution in [2.75, 3.05) is 13.1 Å². The van der Waals surface area contributed by atoms with Crippen LogP contribution in [0, 0.1) is 11.8 Å². The van der Waals surface area contributed by atoms with Crippen LogP contribution in [-0.2, 0) is 11.3 Å². The van der Waals surface area contributed by atoms with E-state index in [9.17, 15) is 4.79 Å². The number of benzene rings is 1. The van der Waals surface area contributed by atoms with Gasteiger partial charge in [0.2, 0.25) is 5.91 Å². The van der Waals surface area contributed by atoms with Gasteiger partial charge in [-0.3, -0.25) is 4.79 Å². The first kappa shape index (κ1) is 18.2. The molecule has 1 aliphatic carbocycles. The highest BCUT2D eigenvalue weighted by Crippen LogP contribution is 2.27. The Morgan fingerprint density at radius 2 is 1.92 bits per heavy atom. The SMILES string of the molecule is CC(CC(=O)NCc1ccccc1OC1CCCC1)C1CCNCC1. The molecule has 138 valence electrons. The fraction of sp³-hybridized carbons (Fsp3) is 0.667. The highest BCUT2D eigenvalue weighted by Gasteiger charge is 2.22. The minimum Gasteiger partial charge on any atom is -0.490 e. The summed E-state index contributed by atoms with van der Waals surface area (Å²) in [5.41, 5.74) is 1.08. The van der Waals surface area contributed by atoms with Crippen LogP contribution in [0.1, 0.15) is 57.4 Å². The zero-order chi connectivity index (χ0) is 17.5. The Labute approximate surface area is 151 Å². The van der Waals surface area contributed by atoms with E-state index in [-0.39, 0.29) is 5.91 Å². The van der Waals surface area contributed by atoms with E-state index in [1.165, 1.54) is 25.7 Å². The zero-order valence-corrected chi connectivity index (χ0v) is 15.4. The molecule has 1 atom stereocenters. The van der Waals surface area contributed by atoms with E-state index in [4.69, 9.17) is 4.74 Å². The Morgan fingerprint density at radius 3 is 2.68 bits per heavy atom. The van der Waals surface area contributed by atoms with Gasteiger partial charge in [0.1, 0.15) is 5.75 Å². The fourth-order valence-corrected chi connectivity index (χ4v) is 4.09. The first-order valence-electron chi connectivity index (χ1n) is 9.94. The van der Waals surface area contributed by atoms with E-state index in [1.807, 2.05) is 18.2 Å². The number of carbonyl (C=O) groups is 1. The van der Waals surface area contributed by atoms with Crippen molar-refractivity contribution in [2.45, 2.75) is 64.5 Å². The van der Waals surface area contributed by atoms with Gasteiger partial charge in [0.25, 0.3) is 0 Å². The van der Waals surface area contributed by atoms with Crippen molar-refractivity contribution in [3.63, 3.8) is 0 Å². The topological polar surface area (TPSA) is 50.4 Å². The molecule has 0 radical (unpaired) electrons. The average molecular weight is 344 g/mol. The quantitative estimate of drug-likeness (QED) is 0.794. The normalized spacial score (nSPS) is 20.4. The Bertz CT molecular complexity index is 549. The zero-order valence-electron chi connectivity index (χ0n) is 15.4. The predicted octanol–water partition coefficient (Wildman–Crippen LogP) is 3.65. The number of piperidine rings is 1. The number of rotatable bonds is 7. The molecule has 2 N–H and O–H groups in total. The molecule has 1 saturated carbocycles. The van der Waals surface area contributed by atoms with E-state index in [1.54, 1.807) is 0 Å². The van der Waals surface area contributed by atoms with Crippen molar-refractivity contribution in [3.05, 3.63) is 29.8 Å². The molecule has 0 spiro atoms. The van der Waals surface area contributed by atoms with Crippen molar-refractivity contribution in [1.82, 2.24) is 10.6 Å². The molecule has 4 nitrogen and oxygen atoms in total. The lowest BCUT2D eigenvalue weighted by atomic mass is 9.84. The summed E-state index contributed by atoms with van der Waals surface area (Å²) in [7, 11) is 0. The Morgan fingerprint density at radius 1 is 1.20 bits per heavy atom. The van der Waals surface area contributed by atoms with Gasteiger partial charge in [-0.15, -0.1) is 0 Å². The molecule has 4 heteroatoms. The van der Waals surface area contributed by atoms with E-state index in [0.29, 0.717) is 30.9 Å². The second-order valence-electron chi connectivity index (χ2n) is 7.68. The summed E-state index contributed by atoms with van der Waals surface area (Å²) >= 11 is 0. The third kappa shape index (κ3) is 5.46. The number of hydrogen-bond acceptors (Lipinski definition) is 3. The second-order valence-corrected chi connectivity index (χ2v) is 7.68. The summed E-state index contributed by atoms with van der Waals surface area (Å²) in [6.07, 6.45) is 8.16. The highest BCUT2D eigenvalue weighted by molar-refractivity contribution is 5.76. The van der Waals surface area contributed by atoms with Crippen LogP contribution < -0.4 is 15.4 Å². The van der Waals surface area contributed by atoms with Gasteiger partial charge in [0.05, 0.1) is 6.10 Å². The predicted molar refractivity (Wildman–Crippen MR) is 101 cm³/mol. The van der Waals surface area contributed by atoms with Crippen LogP contribution >= 0.6 is 0 Å². The molecule has 3 rings (SSSR count). The van der Waals surface area contributed by atoms with E-state index < -0.39 is 0 Å². The molecule has 1 aromatic carbocycles. The molecule has 0 aromatic heterocycles. The molecule has 2 fully saturated rings. The molecular formula is C21H32N2O2. The Kier molecular flexibility index (Phi) is 6.74. The van der Waals surface area contributed by atoms with E-state index >= 15 is 0 Å². The maximum atomic E-state index is 12.4. The second kappa shape index (κ2) is 9.23. The van der Waals surface area contributed by atoms with Gasteiger partial charge in [0.15, 0.2) is 0 Å². The summed E-state index contributed by atoms with van der Waals surface area (Å²) in [5, 5.41) is 6.49. The van der Waals surface area contributed by atoms with E-state index in [0.717, 1.165) is 37.2 Å². The number of hydrogen-bond donors (Lipinski definition) is 2. The number of ether oxygens (including phenoxy) is 1. The minimum atomic E-state index is 0.154. The molecule has 25 heavy (non-hydrogen) atoms. The summed E-state index contributed by atoms with van der Waals surface area (Å²) in [6, 6.07) is 8.10. The minimum absolute atomic E-state index is 0.154. The first-order chi connectivity index (χ1) is 12.2. The van der Waals surface area contributed by atoms with Crippen molar-refractivity contribution in [3.8, 4) is 5.75 Å². The van der Waals surface area contributed by atoms with Gasteiger partial charge < -0.3 is 15.4 Å². The fourth-order valence-electron chi connectivity index (χ4n) is 4.09.